The van der Waals surface area contributed by atoms with Crippen LogP contribution in [0.25, 0.3) is 0 Å². The highest BCUT2D eigenvalue weighted by molar-refractivity contribution is 9.10. The van der Waals surface area contributed by atoms with Gasteiger partial charge in [-0.2, -0.15) is 0 Å². The molecule has 1 aromatic rings. The van der Waals surface area contributed by atoms with Crippen molar-refractivity contribution in [1.82, 2.24) is 10.2 Å². The van der Waals surface area contributed by atoms with E-state index in [1.165, 1.54) is 5.56 Å². The van der Waals surface area contributed by atoms with E-state index < -0.39 is 5.97 Å². The molecule has 0 radical (unpaired) electrons. The van der Waals surface area contributed by atoms with Crippen molar-refractivity contribution in [3.8, 4) is 0 Å². The summed E-state index contributed by atoms with van der Waals surface area (Å²) in [5.74, 6) is -0.337. The number of hydrogen-bond donors (Lipinski definition) is 2. The van der Waals surface area contributed by atoms with Crippen LogP contribution in [-0.2, 0) is 11.2 Å². The molecule has 1 aromatic carbocycles. The summed E-state index contributed by atoms with van der Waals surface area (Å²) in [6.07, 6.45) is 2.55. The lowest BCUT2D eigenvalue weighted by Gasteiger charge is -2.17. The highest BCUT2D eigenvalue weighted by Crippen LogP contribution is 2.21. The number of carboxylic acid groups (broad SMARTS) is 1. The number of urea groups is 1. The average Bonchev–Trinajstić information content (AvgIpc) is 2.94. The normalized spacial score (nSPS) is 17.5. The van der Waals surface area contributed by atoms with Gasteiger partial charge in [-0.3, -0.25) is 4.79 Å². The first kappa shape index (κ1) is 16.8. The number of rotatable bonds is 6. The molecular formula is C16H21BrN2O3. The second kappa shape index (κ2) is 8.17. The summed E-state index contributed by atoms with van der Waals surface area (Å²) in [5, 5.41) is 11.3. The number of nitrogens with one attached hydrogen (secondary N) is 1. The molecule has 22 heavy (non-hydrogen) atoms. The fourth-order valence-electron chi connectivity index (χ4n) is 2.68. The summed E-state index contributed by atoms with van der Waals surface area (Å²) in [7, 11) is 0. The fraction of sp³-hybridized carbons (Fsp3) is 0.500. The molecule has 1 heterocycles. The predicted octanol–water partition coefficient (Wildman–Crippen LogP) is 2.89. The van der Waals surface area contributed by atoms with E-state index in [4.69, 9.17) is 5.11 Å². The number of aliphatic carboxylic acids is 1. The van der Waals surface area contributed by atoms with Gasteiger partial charge in [0.05, 0.1) is 0 Å². The number of benzene rings is 1. The molecule has 5 nitrogen and oxygen atoms in total. The fourth-order valence-corrected chi connectivity index (χ4v) is 2.95. The molecule has 0 aromatic heterocycles. The van der Waals surface area contributed by atoms with E-state index in [1.807, 2.05) is 17.0 Å². The van der Waals surface area contributed by atoms with Crippen LogP contribution in [0.2, 0.25) is 0 Å². The maximum Gasteiger partial charge on any atom is 0.317 e. The van der Waals surface area contributed by atoms with Crippen LogP contribution in [0.3, 0.4) is 0 Å². The zero-order valence-corrected chi connectivity index (χ0v) is 14.0. The summed E-state index contributed by atoms with van der Waals surface area (Å²) in [5.41, 5.74) is 1.29. The first-order valence-electron chi connectivity index (χ1n) is 7.53. The Kier molecular flexibility index (Phi) is 6.24. The second-order valence-electron chi connectivity index (χ2n) is 5.66. The van der Waals surface area contributed by atoms with Crippen molar-refractivity contribution in [3.63, 3.8) is 0 Å². The minimum absolute atomic E-state index is 0.0799. The van der Waals surface area contributed by atoms with Crippen LogP contribution in [0.5, 0.6) is 0 Å². The largest absolute Gasteiger partial charge is 0.481 e. The first-order valence-corrected chi connectivity index (χ1v) is 8.33. The maximum atomic E-state index is 12.0. The standard InChI is InChI=1S/C16H21BrN2O3/c17-14-5-3-12(4-6-14)10-13-7-9-19(11-13)16(22)18-8-1-2-15(20)21/h3-6,13H,1-2,7-11H2,(H,18,22)(H,20,21). The Morgan fingerprint density at radius 1 is 1.32 bits per heavy atom. The van der Waals surface area contributed by atoms with Gasteiger partial charge in [0.25, 0.3) is 0 Å². The van der Waals surface area contributed by atoms with Crippen LogP contribution in [0.4, 0.5) is 4.79 Å². The quantitative estimate of drug-likeness (QED) is 0.758. The van der Waals surface area contributed by atoms with Gasteiger partial charge < -0.3 is 15.3 Å². The van der Waals surface area contributed by atoms with Gasteiger partial charge in [0.15, 0.2) is 0 Å². The minimum atomic E-state index is -0.829. The first-order chi connectivity index (χ1) is 10.5. The lowest BCUT2D eigenvalue weighted by atomic mass is 9.99. The van der Waals surface area contributed by atoms with Gasteiger partial charge in [0.1, 0.15) is 0 Å². The molecule has 6 heteroatoms. The van der Waals surface area contributed by atoms with E-state index in [-0.39, 0.29) is 12.5 Å². The van der Waals surface area contributed by atoms with Crippen molar-refractivity contribution in [2.45, 2.75) is 25.7 Å². The van der Waals surface area contributed by atoms with Crippen LogP contribution >= 0.6 is 15.9 Å². The van der Waals surface area contributed by atoms with Gasteiger partial charge in [-0.05, 0) is 42.9 Å². The summed E-state index contributed by atoms with van der Waals surface area (Å²) < 4.78 is 1.07. The number of carbonyl (C=O) groups excluding carboxylic acids is 1. The molecule has 2 rings (SSSR count). The lowest BCUT2D eigenvalue weighted by Crippen LogP contribution is -2.39. The van der Waals surface area contributed by atoms with Crippen LogP contribution in [0, 0.1) is 5.92 Å². The molecule has 120 valence electrons. The Bertz CT molecular complexity index is 519. The van der Waals surface area contributed by atoms with E-state index in [0.717, 1.165) is 30.4 Å². The van der Waals surface area contributed by atoms with Crippen molar-refractivity contribution in [2.24, 2.45) is 5.92 Å². The molecule has 1 aliphatic heterocycles. The SMILES string of the molecule is O=C(O)CCCNC(=O)N1CCC(Cc2ccc(Br)cc2)C1. The third kappa shape index (κ3) is 5.33. The number of hydrogen-bond acceptors (Lipinski definition) is 2. The van der Waals surface area contributed by atoms with Crippen molar-refractivity contribution in [1.29, 1.82) is 0 Å². The summed E-state index contributed by atoms with van der Waals surface area (Å²) in [6.45, 7) is 1.95. The predicted molar refractivity (Wildman–Crippen MR) is 87.8 cm³/mol. The molecule has 0 spiro atoms. The Hall–Kier alpha value is -1.56. The summed E-state index contributed by atoms with van der Waals surface area (Å²) in [6, 6.07) is 8.22. The number of carbonyl (C=O) groups is 2. The molecule has 1 atom stereocenters. The molecule has 1 saturated heterocycles. The van der Waals surface area contributed by atoms with Crippen molar-refractivity contribution >= 4 is 27.9 Å². The number of amides is 2. The van der Waals surface area contributed by atoms with E-state index in [2.05, 4.69) is 33.4 Å². The van der Waals surface area contributed by atoms with Gasteiger partial charge >= 0.3 is 12.0 Å². The van der Waals surface area contributed by atoms with E-state index in [1.54, 1.807) is 0 Å². The molecule has 1 aliphatic rings. The number of nitrogens with zero attached hydrogens (tertiary/aromatic N) is 1. The van der Waals surface area contributed by atoms with Crippen LogP contribution in [0.15, 0.2) is 28.7 Å². The molecule has 1 unspecified atom stereocenters. The van der Waals surface area contributed by atoms with Crippen LogP contribution in [-0.4, -0.2) is 41.6 Å². The monoisotopic (exact) mass is 368 g/mol. The number of carboxylic acids is 1. The molecule has 1 fully saturated rings. The minimum Gasteiger partial charge on any atom is -0.481 e. The van der Waals surface area contributed by atoms with Gasteiger partial charge in [-0.25, -0.2) is 4.79 Å². The third-order valence-electron chi connectivity index (χ3n) is 3.85. The van der Waals surface area contributed by atoms with Crippen molar-refractivity contribution < 1.29 is 14.7 Å². The lowest BCUT2D eigenvalue weighted by molar-refractivity contribution is -0.137. The Morgan fingerprint density at radius 3 is 2.73 bits per heavy atom. The maximum absolute atomic E-state index is 12.0. The van der Waals surface area contributed by atoms with Gasteiger partial charge in [0, 0.05) is 30.5 Å². The highest BCUT2D eigenvalue weighted by Gasteiger charge is 2.26. The molecule has 2 N–H and O–H groups in total. The second-order valence-corrected chi connectivity index (χ2v) is 6.58. The van der Waals surface area contributed by atoms with E-state index >= 15 is 0 Å². The van der Waals surface area contributed by atoms with Gasteiger partial charge in [-0.1, -0.05) is 28.1 Å². The van der Waals surface area contributed by atoms with Gasteiger partial charge in [0.2, 0.25) is 0 Å². The smallest absolute Gasteiger partial charge is 0.317 e. The average molecular weight is 369 g/mol. The highest BCUT2D eigenvalue weighted by atomic mass is 79.9. The third-order valence-corrected chi connectivity index (χ3v) is 4.38. The van der Waals surface area contributed by atoms with Crippen molar-refractivity contribution in [3.05, 3.63) is 34.3 Å². The zero-order chi connectivity index (χ0) is 15.9. The molecular weight excluding hydrogens is 348 g/mol. The van der Waals surface area contributed by atoms with E-state index in [9.17, 15) is 9.59 Å². The Labute approximate surface area is 138 Å². The van der Waals surface area contributed by atoms with Crippen LogP contribution in [0.1, 0.15) is 24.8 Å². The van der Waals surface area contributed by atoms with Gasteiger partial charge in [-0.15, -0.1) is 0 Å². The molecule has 0 aliphatic carbocycles. The Balaban J connectivity index is 1.71. The zero-order valence-electron chi connectivity index (χ0n) is 12.4. The van der Waals surface area contributed by atoms with Crippen LogP contribution < -0.4 is 5.32 Å². The summed E-state index contributed by atoms with van der Waals surface area (Å²) in [4.78, 5) is 24.2. The number of likely N-dealkylation sites (tertiary alicyclic amines) is 1. The summed E-state index contributed by atoms with van der Waals surface area (Å²) >= 11 is 3.43. The molecule has 0 saturated carbocycles. The molecule has 2 amide bonds. The van der Waals surface area contributed by atoms with E-state index in [0.29, 0.717) is 18.9 Å². The Morgan fingerprint density at radius 2 is 2.05 bits per heavy atom. The topological polar surface area (TPSA) is 69.6 Å². The molecule has 0 bridgehead atoms. The number of halogens is 1. The van der Waals surface area contributed by atoms with Crippen molar-refractivity contribution in [2.75, 3.05) is 19.6 Å².